The minimum atomic E-state index is -0.187. The van der Waals surface area contributed by atoms with E-state index in [-0.39, 0.29) is 5.91 Å². The number of halogens is 1. The zero-order valence-electron chi connectivity index (χ0n) is 10.6. The van der Waals surface area contributed by atoms with Crippen molar-refractivity contribution in [2.24, 2.45) is 0 Å². The molecule has 2 heterocycles. The molecule has 0 saturated carbocycles. The van der Waals surface area contributed by atoms with Crippen molar-refractivity contribution in [3.8, 4) is 10.6 Å². The van der Waals surface area contributed by atoms with Crippen molar-refractivity contribution in [2.75, 3.05) is 5.32 Å². The van der Waals surface area contributed by atoms with Gasteiger partial charge < -0.3 is 5.32 Å². The van der Waals surface area contributed by atoms with Crippen LogP contribution < -0.4 is 5.32 Å². The van der Waals surface area contributed by atoms with Crippen LogP contribution in [0.5, 0.6) is 0 Å². The zero-order valence-corrected chi connectivity index (χ0v) is 13.0. The monoisotopic (exact) mass is 336 g/mol. The summed E-state index contributed by atoms with van der Waals surface area (Å²) in [6, 6.07) is 7.27. The molecular formula is C13H9ClN4OS2. The Bertz CT molecular complexity index is 740. The summed E-state index contributed by atoms with van der Waals surface area (Å²) in [5.41, 5.74) is 2.39. The average Bonchev–Trinajstić information content (AvgIpc) is 3.18. The van der Waals surface area contributed by atoms with Gasteiger partial charge in [-0.05, 0) is 12.1 Å². The number of carbonyl (C=O) groups is 1. The molecule has 0 spiro atoms. The fraction of sp³-hybridized carbons (Fsp3) is 0.0769. The van der Waals surface area contributed by atoms with Crippen LogP contribution in [0.2, 0.25) is 0 Å². The smallest absolute Gasteiger partial charge is 0.256 e. The molecule has 0 aliphatic rings. The second kappa shape index (κ2) is 6.30. The predicted molar refractivity (Wildman–Crippen MR) is 85.0 cm³/mol. The standard InChI is InChI=1S/C13H9ClN4OS2/c14-5-10-7-20-13(16-10)9-3-1-8(2-4-9)12(19)17-11-6-15-18-21-11/h1-4,6-7H,5H2,(H,17,19). The maximum atomic E-state index is 12.0. The summed E-state index contributed by atoms with van der Waals surface area (Å²) in [6.07, 6.45) is 1.51. The number of hydrogen-bond acceptors (Lipinski definition) is 6. The Labute approximate surface area is 133 Å². The summed E-state index contributed by atoms with van der Waals surface area (Å²) in [4.78, 5) is 16.4. The molecule has 1 N–H and O–H groups in total. The molecule has 1 aromatic carbocycles. The number of rotatable bonds is 4. The molecule has 0 atom stereocenters. The SMILES string of the molecule is O=C(Nc1cnns1)c1ccc(-c2nc(CCl)cs2)cc1. The molecule has 0 aliphatic heterocycles. The van der Waals surface area contributed by atoms with Crippen molar-refractivity contribution >= 4 is 45.4 Å². The van der Waals surface area contributed by atoms with Crippen LogP contribution in [0.1, 0.15) is 16.1 Å². The molecule has 1 amide bonds. The first kappa shape index (κ1) is 14.1. The highest BCUT2D eigenvalue weighted by atomic mass is 35.5. The molecule has 21 heavy (non-hydrogen) atoms. The minimum Gasteiger partial charge on any atom is -0.311 e. The lowest BCUT2D eigenvalue weighted by molar-refractivity contribution is 0.102. The van der Waals surface area contributed by atoms with Crippen molar-refractivity contribution in [3.63, 3.8) is 0 Å². The Morgan fingerprint density at radius 1 is 1.29 bits per heavy atom. The highest BCUT2D eigenvalue weighted by Gasteiger charge is 2.09. The van der Waals surface area contributed by atoms with E-state index in [1.54, 1.807) is 12.1 Å². The average molecular weight is 337 g/mol. The summed E-state index contributed by atoms with van der Waals surface area (Å²) < 4.78 is 3.69. The lowest BCUT2D eigenvalue weighted by Crippen LogP contribution is -2.10. The quantitative estimate of drug-likeness (QED) is 0.738. The van der Waals surface area contributed by atoms with Gasteiger partial charge in [0, 0.05) is 28.0 Å². The Morgan fingerprint density at radius 3 is 2.71 bits per heavy atom. The van der Waals surface area contributed by atoms with Crippen molar-refractivity contribution in [1.29, 1.82) is 0 Å². The number of carbonyl (C=O) groups excluding carboxylic acids is 1. The molecular weight excluding hydrogens is 328 g/mol. The fourth-order valence-corrected chi connectivity index (χ4v) is 3.14. The van der Waals surface area contributed by atoms with Crippen molar-refractivity contribution in [2.45, 2.75) is 5.88 Å². The third-order valence-corrected chi connectivity index (χ3v) is 4.47. The first-order valence-corrected chi connectivity index (χ1v) is 8.14. The van der Waals surface area contributed by atoms with Crippen LogP contribution in [0, 0.1) is 0 Å². The second-order valence-electron chi connectivity index (χ2n) is 4.09. The molecule has 5 nitrogen and oxygen atoms in total. The maximum absolute atomic E-state index is 12.0. The van der Waals surface area contributed by atoms with E-state index in [2.05, 4.69) is 19.9 Å². The van der Waals surface area contributed by atoms with Crippen LogP contribution in [-0.2, 0) is 5.88 Å². The molecule has 0 fully saturated rings. The molecule has 0 radical (unpaired) electrons. The molecule has 2 aromatic heterocycles. The third kappa shape index (κ3) is 3.26. The molecule has 0 unspecified atom stereocenters. The first-order chi connectivity index (χ1) is 10.3. The largest absolute Gasteiger partial charge is 0.311 e. The van der Waals surface area contributed by atoms with Crippen LogP contribution in [0.4, 0.5) is 5.00 Å². The summed E-state index contributed by atoms with van der Waals surface area (Å²) >= 11 is 8.42. The van der Waals surface area contributed by atoms with Crippen LogP contribution in [0.25, 0.3) is 10.6 Å². The molecule has 3 rings (SSSR count). The van der Waals surface area contributed by atoms with Gasteiger partial charge in [-0.25, -0.2) is 4.98 Å². The van der Waals surface area contributed by atoms with Crippen molar-refractivity contribution in [3.05, 3.63) is 47.1 Å². The van der Waals surface area contributed by atoms with Crippen LogP contribution in [0.15, 0.2) is 35.8 Å². The Morgan fingerprint density at radius 2 is 2.10 bits per heavy atom. The third-order valence-electron chi connectivity index (χ3n) is 2.68. The van der Waals surface area contributed by atoms with Gasteiger partial charge in [-0.3, -0.25) is 4.79 Å². The Kier molecular flexibility index (Phi) is 4.23. The van der Waals surface area contributed by atoms with E-state index < -0.39 is 0 Å². The Hall–Kier alpha value is -1.83. The summed E-state index contributed by atoms with van der Waals surface area (Å²) in [5, 5.41) is 9.85. The number of hydrogen-bond donors (Lipinski definition) is 1. The van der Waals surface area contributed by atoms with Gasteiger partial charge in [0.25, 0.3) is 5.91 Å². The zero-order chi connectivity index (χ0) is 14.7. The fourth-order valence-electron chi connectivity index (χ4n) is 1.67. The van der Waals surface area contributed by atoms with Gasteiger partial charge in [0.2, 0.25) is 0 Å². The lowest BCUT2D eigenvalue weighted by Gasteiger charge is -2.02. The highest BCUT2D eigenvalue weighted by Crippen LogP contribution is 2.25. The number of nitrogens with zero attached hydrogens (tertiary/aromatic N) is 3. The highest BCUT2D eigenvalue weighted by molar-refractivity contribution is 7.13. The van der Waals surface area contributed by atoms with E-state index >= 15 is 0 Å². The van der Waals surface area contributed by atoms with Crippen LogP contribution in [-0.4, -0.2) is 20.5 Å². The van der Waals surface area contributed by atoms with E-state index in [0.717, 1.165) is 27.8 Å². The van der Waals surface area contributed by atoms with Gasteiger partial charge in [-0.1, -0.05) is 16.6 Å². The topological polar surface area (TPSA) is 67.8 Å². The Balaban J connectivity index is 1.75. The molecule has 0 saturated heterocycles. The predicted octanol–water partition coefficient (Wildman–Crippen LogP) is 3.65. The van der Waals surface area contributed by atoms with Gasteiger partial charge in [-0.15, -0.1) is 28.0 Å². The lowest BCUT2D eigenvalue weighted by atomic mass is 10.1. The van der Waals surface area contributed by atoms with Crippen molar-refractivity contribution < 1.29 is 4.79 Å². The van der Waals surface area contributed by atoms with E-state index in [9.17, 15) is 4.79 Å². The number of aromatic nitrogens is 3. The number of thiazole rings is 1. The van der Waals surface area contributed by atoms with Gasteiger partial charge in [0.05, 0.1) is 17.8 Å². The van der Waals surface area contributed by atoms with E-state index in [0.29, 0.717) is 16.4 Å². The van der Waals surface area contributed by atoms with E-state index in [1.807, 2.05) is 17.5 Å². The normalized spacial score (nSPS) is 10.5. The van der Waals surface area contributed by atoms with Gasteiger partial charge in [-0.2, -0.15) is 0 Å². The second-order valence-corrected chi connectivity index (χ2v) is 6.00. The number of alkyl halides is 1. The number of anilines is 1. The molecule has 106 valence electrons. The molecule has 8 heteroatoms. The number of amides is 1. The summed E-state index contributed by atoms with van der Waals surface area (Å²) in [6.45, 7) is 0. The van der Waals surface area contributed by atoms with Crippen molar-refractivity contribution in [1.82, 2.24) is 14.6 Å². The molecule has 0 bridgehead atoms. The van der Waals surface area contributed by atoms with Crippen LogP contribution >= 0.6 is 34.5 Å². The van der Waals surface area contributed by atoms with Crippen LogP contribution in [0.3, 0.4) is 0 Å². The maximum Gasteiger partial charge on any atom is 0.256 e. The molecule has 3 aromatic rings. The number of nitrogens with one attached hydrogen (secondary N) is 1. The first-order valence-electron chi connectivity index (χ1n) is 5.96. The summed E-state index contributed by atoms with van der Waals surface area (Å²) in [7, 11) is 0. The molecule has 0 aliphatic carbocycles. The van der Waals surface area contributed by atoms with E-state index in [4.69, 9.17) is 11.6 Å². The summed E-state index contributed by atoms with van der Waals surface area (Å²) in [5.74, 6) is 0.216. The van der Waals surface area contributed by atoms with Gasteiger partial charge in [0.15, 0.2) is 0 Å². The van der Waals surface area contributed by atoms with E-state index in [1.165, 1.54) is 17.5 Å². The van der Waals surface area contributed by atoms with Gasteiger partial charge in [0.1, 0.15) is 10.0 Å². The minimum absolute atomic E-state index is 0.187. The number of benzene rings is 1. The van der Waals surface area contributed by atoms with Gasteiger partial charge >= 0.3 is 0 Å².